The molecule has 1 atom stereocenters. The van der Waals surface area contributed by atoms with Gasteiger partial charge in [-0.05, 0) is 42.7 Å². The Morgan fingerprint density at radius 1 is 1.00 bits per heavy atom. The first kappa shape index (κ1) is 22.2. The van der Waals surface area contributed by atoms with Gasteiger partial charge in [0.1, 0.15) is 17.5 Å². The highest BCUT2D eigenvalue weighted by atomic mass is 16.5. The summed E-state index contributed by atoms with van der Waals surface area (Å²) in [5.74, 6) is 1.10. The number of amides is 2. The molecule has 1 N–H and O–H groups in total. The molecule has 2 aliphatic rings. The Balaban J connectivity index is 1.62. The molecular weight excluding hydrogens is 404 g/mol. The zero-order valence-electron chi connectivity index (χ0n) is 18.9. The van der Waals surface area contributed by atoms with Crippen LogP contribution < -0.4 is 14.8 Å². The summed E-state index contributed by atoms with van der Waals surface area (Å²) in [5.41, 5.74) is 2.16. The third-order valence-electron chi connectivity index (χ3n) is 6.59. The van der Waals surface area contributed by atoms with Crippen molar-refractivity contribution >= 4 is 11.8 Å². The summed E-state index contributed by atoms with van der Waals surface area (Å²) in [6.07, 6.45) is 7.99. The van der Waals surface area contributed by atoms with Crippen molar-refractivity contribution in [3.63, 3.8) is 0 Å². The number of carbonyl (C=O) groups excluding carboxylic acids is 2. The molecule has 6 heteroatoms. The van der Waals surface area contributed by atoms with Crippen molar-refractivity contribution in [1.29, 1.82) is 0 Å². The lowest BCUT2D eigenvalue weighted by Gasteiger charge is -2.28. The molecule has 2 amide bonds. The van der Waals surface area contributed by atoms with E-state index in [1.54, 1.807) is 25.2 Å². The molecule has 1 aliphatic carbocycles. The number of nitrogens with one attached hydrogen (secondary N) is 1. The fourth-order valence-electron chi connectivity index (χ4n) is 4.89. The van der Waals surface area contributed by atoms with E-state index in [0.29, 0.717) is 17.1 Å². The number of carbonyl (C=O) groups is 2. The Kier molecular flexibility index (Phi) is 6.98. The van der Waals surface area contributed by atoms with Gasteiger partial charge in [0, 0.05) is 17.2 Å². The summed E-state index contributed by atoms with van der Waals surface area (Å²) in [6, 6.07) is 12.4. The van der Waals surface area contributed by atoms with Crippen molar-refractivity contribution in [2.24, 2.45) is 0 Å². The monoisotopic (exact) mass is 436 g/mol. The number of benzene rings is 2. The molecule has 1 heterocycles. The van der Waals surface area contributed by atoms with E-state index in [4.69, 9.17) is 9.47 Å². The molecule has 4 rings (SSSR count). The van der Waals surface area contributed by atoms with Gasteiger partial charge in [-0.2, -0.15) is 0 Å². The quantitative estimate of drug-likeness (QED) is 0.717. The standard InChI is InChI=1S/C26H32N2O4/c1-31-20-14-15-23(32-2)18(16-20)17-28-24(21-12-8-9-13-22(21)26(28)30)25(29)27-19-10-6-4-3-5-7-11-19/h8-9,12-16,19,24H,3-7,10-11,17H2,1-2H3,(H,27,29)/t24-/m1/s1. The molecule has 0 bridgehead atoms. The van der Waals surface area contributed by atoms with Crippen LogP contribution >= 0.6 is 0 Å². The lowest BCUT2D eigenvalue weighted by atomic mass is 9.96. The normalized spacial score (nSPS) is 19.1. The van der Waals surface area contributed by atoms with E-state index < -0.39 is 6.04 Å². The Bertz CT molecular complexity index is 966. The molecule has 32 heavy (non-hydrogen) atoms. The maximum Gasteiger partial charge on any atom is 0.255 e. The van der Waals surface area contributed by atoms with Crippen LogP contribution in [0.1, 0.15) is 72.5 Å². The summed E-state index contributed by atoms with van der Waals surface area (Å²) in [4.78, 5) is 28.5. The summed E-state index contributed by atoms with van der Waals surface area (Å²) in [6.45, 7) is 0.261. The van der Waals surface area contributed by atoms with Crippen LogP contribution in [0, 0.1) is 0 Å². The summed E-state index contributed by atoms with van der Waals surface area (Å²) in [7, 11) is 3.21. The maximum atomic E-state index is 13.5. The van der Waals surface area contributed by atoms with E-state index in [1.165, 1.54) is 19.3 Å². The van der Waals surface area contributed by atoms with Crippen molar-refractivity contribution < 1.29 is 19.1 Å². The molecule has 1 fully saturated rings. The second-order valence-electron chi connectivity index (χ2n) is 8.65. The average Bonchev–Trinajstić information content (AvgIpc) is 3.07. The van der Waals surface area contributed by atoms with Crippen molar-refractivity contribution in [3.05, 3.63) is 59.2 Å². The average molecular weight is 437 g/mol. The lowest BCUT2D eigenvalue weighted by molar-refractivity contribution is -0.126. The van der Waals surface area contributed by atoms with E-state index in [1.807, 2.05) is 36.4 Å². The number of nitrogens with zero attached hydrogens (tertiary/aromatic N) is 1. The van der Waals surface area contributed by atoms with Crippen LogP contribution in [0.3, 0.4) is 0 Å². The molecule has 1 aliphatic heterocycles. The highest BCUT2D eigenvalue weighted by Crippen LogP contribution is 2.37. The lowest BCUT2D eigenvalue weighted by Crippen LogP contribution is -2.43. The van der Waals surface area contributed by atoms with Crippen LogP contribution in [0.25, 0.3) is 0 Å². The van der Waals surface area contributed by atoms with Crippen molar-refractivity contribution in [2.45, 2.75) is 63.6 Å². The number of hydrogen-bond acceptors (Lipinski definition) is 4. The first-order valence-electron chi connectivity index (χ1n) is 11.5. The van der Waals surface area contributed by atoms with Gasteiger partial charge >= 0.3 is 0 Å². The first-order valence-corrected chi connectivity index (χ1v) is 11.5. The number of ether oxygens (including phenoxy) is 2. The molecule has 2 aromatic carbocycles. The highest BCUT2D eigenvalue weighted by molar-refractivity contribution is 6.04. The molecule has 6 nitrogen and oxygen atoms in total. The Morgan fingerprint density at radius 2 is 1.72 bits per heavy atom. The molecule has 0 unspecified atom stereocenters. The molecule has 0 aromatic heterocycles. The summed E-state index contributed by atoms with van der Waals surface area (Å²) < 4.78 is 10.9. The molecule has 0 spiro atoms. The number of hydrogen-bond donors (Lipinski definition) is 1. The van der Waals surface area contributed by atoms with Crippen LogP contribution in [0.4, 0.5) is 0 Å². The Hall–Kier alpha value is -3.02. The van der Waals surface area contributed by atoms with Crippen molar-refractivity contribution in [1.82, 2.24) is 10.2 Å². The molecular formula is C26H32N2O4. The van der Waals surface area contributed by atoms with Gasteiger partial charge in [-0.1, -0.05) is 50.3 Å². The van der Waals surface area contributed by atoms with Gasteiger partial charge in [-0.3, -0.25) is 9.59 Å². The Morgan fingerprint density at radius 3 is 2.44 bits per heavy atom. The minimum absolute atomic E-state index is 0.101. The Labute approximate surface area is 189 Å². The largest absolute Gasteiger partial charge is 0.497 e. The topological polar surface area (TPSA) is 67.9 Å². The van der Waals surface area contributed by atoms with Crippen molar-refractivity contribution in [3.8, 4) is 11.5 Å². The number of methoxy groups -OCH3 is 2. The smallest absolute Gasteiger partial charge is 0.255 e. The third-order valence-corrected chi connectivity index (χ3v) is 6.59. The predicted molar refractivity (Wildman–Crippen MR) is 123 cm³/mol. The second-order valence-corrected chi connectivity index (χ2v) is 8.65. The van der Waals surface area contributed by atoms with Gasteiger partial charge in [0.25, 0.3) is 5.91 Å². The van der Waals surface area contributed by atoms with Gasteiger partial charge < -0.3 is 19.7 Å². The fraction of sp³-hybridized carbons (Fsp3) is 0.462. The van der Waals surface area contributed by atoms with Crippen LogP contribution in [0.15, 0.2) is 42.5 Å². The predicted octanol–water partition coefficient (Wildman–Crippen LogP) is 4.63. The van der Waals surface area contributed by atoms with Crippen LogP contribution in [0.5, 0.6) is 11.5 Å². The zero-order valence-corrected chi connectivity index (χ0v) is 18.9. The number of rotatable bonds is 6. The third kappa shape index (κ3) is 4.59. The minimum atomic E-state index is -0.653. The van der Waals surface area contributed by atoms with Crippen LogP contribution in [0.2, 0.25) is 0 Å². The van der Waals surface area contributed by atoms with Gasteiger partial charge in [0.2, 0.25) is 5.91 Å². The van der Waals surface area contributed by atoms with E-state index in [0.717, 1.165) is 36.8 Å². The van der Waals surface area contributed by atoms with Crippen LogP contribution in [-0.2, 0) is 11.3 Å². The first-order chi connectivity index (χ1) is 15.6. The molecule has 0 saturated heterocycles. The van der Waals surface area contributed by atoms with Gasteiger partial charge in [0.15, 0.2) is 0 Å². The molecule has 2 aromatic rings. The highest BCUT2D eigenvalue weighted by Gasteiger charge is 2.41. The van der Waals surface area contributed by atoms with Gasteiger partial charge in [-0.25, -0.2) is 0 Å². The summed E-state index contributed by atoms with van der Waals surface area (Å²) in [5, 5.41) is 3.27. The minimum Gasteiger partial charge on any atom is -0.497 e. The maximum absolute atomic E-state index is 13.5. The van der Waals surface area contributed by atoms with Crippen molar-refractivity contribution in [2.75, 3.05) is 14.2 Å². The van der Waals surface area contributed by atoms with Crippen LogP contribution in [-0.4, -0.2) is 37.0 Å². The van der Waals surface area contributed by atoms with E-state index in [2.05, 4.69) is 5.32 Å². The SMILES string of the molecule is COc1ccc(OC)c(CN2C(=O)c3ccccc3[C@@H]2C(=O)NC2CCCCCCC2)c1. The van der Waals surface area contributed by atoms with E-state index in [9.17, 15) is 9.59 Å². The van der Waals surface area contributed by atoms with E-state index in [-0.39, 0.29) is 24.4 Å². The van der Waals surface area contributed by atoms with Gasteiger partial charge in [-0.15, -0.1) is 0 Å². The fourth-order valence-corrected chi connectivity index (χ4v) is 4.89. The van der Waals surface area contributed by atoms with Gasteiger partial charge in [0.05, 0.1) is 20.8 Å². The number of fused-ring (bicyclic) bond motifs is 1. The molecule has 0 radical (unpaired) electrons. The molecule has 1 saturated carbocycles. The zero-order chi connectivity index (χ0) is 22.5. The van der Waals surface area contributed by atoms with E-state index >= 15 is 0 Å². The summed E-state index contributed by atoms with van der Waals surface area (Å²) >= 11 is 0. The second kappa shape index (κ2) is 10.1. The molecule has 170 valence electrons.